The second kappa shape index (κ2) is 9.56. The van der Waals surface area contributed by atoms with Crippen LogP contribution in [-0.2, 0) is 19.0 Å². The lowest BCUT2D eigenvalue weighted by Crippen LogP contribution is -2.63. The predicted octanol–water partition coefficient (Wildman–Crippen LogP) is 7.05. The molecule has 0 aromatic heterocycles. The molecule has 47 heavy (non-hydrogen) atoms. The average molecular weight is 651 g/mol. The van der Waals surface area contributed by atoms with E-state index in [0.29, 0.717) is 31.3 Å². The van der Waals surface area contributed by atoms with Crippen molar-refractivity contribution in [3.8, 4) is 5.75 Å². The smallest absolute Gasteiger partial charge is 0.303 e. The second-order valence-electron chi connectivity index (χ2n) is 18.9. The molecule has 1 aromatic carbocycles. The number of hydrogen-bond acceptors (Lipinski definition) is 7. The van der Waals surface area contributed by atoms with Crippen molar-refractivity contribution in [1.29, 1.82) is 0 Å². The summed E-state index contributed by atoms with van der Waals surface area (Å²) in [5.74, 6) is 0.0984. The summed E-state index contributed by atoms with van der Waals surface area (Å²) >= 11 is 0. The van der Waals surface area contributed by atoms with E-state index in [-0.39, 0.29) is 34.2 Å². The maximum Gasteiger partial charge on any atom is 0.303 e. The fraction of sp³-hybridized carbons (Fsp3) is 0.825. The molecule has 12 atom stereocenters. The highest BCUT2D eigenvalue weighted by atomic mass is 16.7. The zero-order valence-corrected chi connectivity index (χ0v) is 30.2. The quantitative estimate of drug-likeness (QED) is 0.338. The molecule has 3 spiro atoms. The molecule has 2 bridgehead atoms. The van der Waals surface area contributed by atoms with E-state index in [1.807, 2.05) is 0 Å². The number of carbonyl (C=O) groups excluding carboxylic acids is 1. The molecule has 7 heteroatoms. The van der Waals surface area contributed by atoms with Crippen molar-refractivity contribution in [3.05, 3.63) is 29.3 Å². The number of fused-ring (bicyclic) bond motifs is 4. The number of ether oxygens (including phenoxy) is 4. The molecule has 2 saturated heterocycles. The van der Waals surface area contributed by atoms with Crippen LogP contribution in [0.1, 0.15) is 117 Å². The summed E-state index contributed by atoms with van der Waals surface area (Å²) in [6.07, 6.45) is 7.44. The van der Waals surface area contributed by atoms with Crippen LogP contribution >= 0.6 is 0 Å². The van der Waals surface area contributed by atoms with Crippen LogP contribution in [0.4, 0.5) is 0 Å². The summed E-state index contributed by atoms with van der Waals surface area (Å²) in [6, 6.07) is 6.55. The van der Waals surface area contributed by atoms with Gasteiger partial charge in [0.15, 0.2) is 5.79 Å². The standard InChI is InChI=1S/C40H58O7/c1-23-18-24(2)20-26(19-23)46-29-12-13-37-21-38(37)15-16-39-22-44-40(34(6,7)43)17-14-35(8,47-40)31(39)30(42)32(45-25(3)41)36(39,9)28(38)11-10-27(37)33(29,4)5/h18-20,27-32,42-43H,10-17,21-22H2,1-9H3/t27?,28?,29?,30?,31-,32?,35?,36-,37-,38+,39+,40+/m1/s1. The predicted molar refractivity (Wildman–Crippen MR) is 178 cm³/mol. The first-order valence-corrected chi connectivity index (χ1v) is 18.5. The number of benzene rings is 1. The SMILES string of the molecule is CC(=O)OC1C(O)[C@@H]2C3(C)CC[C@](C(C)(C)O)(OC[C@@]24CC[C@@]25C[C@@]26CCC(Oc2cc(C)cc(C)c2)C(C)(C)C6CCC5[C@]14C)O3. The lowest BCUT2D eigenvalue weighted by Gasteiger charge is -2.64. The third-order valence-electron chi connectivity index (χ3n) is 16.1. The number of rotatable bonds is 4. The summed E-state index contributed by atoms with van der Waals surface area (Å²) in [5, 5.41) is 23.8. The summed E-state index contributed by atoms with van der Waals surface area (Å²) in [6.45, 7) is 19.1. The number of esters is 1. The summed E-state index contributed by atoms with van der Waals surface area (Å²) < 4.78 is 26.9. The van der Waals surface area contributed by atoms with Crippen LogP contribution in [-0.4, -0.2) is 58.1 Å². The molecular weight excluding hydrogens is 592 g/mol. The molecule has 7 aliphatic rings. The molecule has 2 heterocycles. The Bertz CT molecular complexity index is 1480. The molecule has 260 valence electrons. The summed E-state index contributed by atoms with van der Waals surface area (Å²) in [5.41, 5.74) is 0.0110. The van der Waals surface area contributed by atoms with Crippen LogP contribution < -0.4 is 4.74 Å². The fourth-order valence-electron chi connectivity index (χ4n) is 14.3. The van der Waals surface area contributed by atoms with E-state index < -0.39 is 40.0 Å². The van der Waals surface area contributed by atoms with Gasteiger partial charge in [0.05, 0.1) is 18.3 Å². The summed E-state index contributed by atoms with van der Waals surface area (Å²) in [7, 11) is 0. The third kappa shape index (κ3) is 3.87. The van der Waals surface area contributed by atoms with E-state index in [4.69, 9.17) is 18.9 Å². The largest absolute Gasteiger partial charge is 0.490 e. The Hall–Kier alpha value is -1.67. The van der Waals surface area contributed by atoms with Crippen molar-refractivity contribution in [3.63, 3.8) is 0 Å². The monoisotopic (exact) mass is 650 g/mol. The van der Waals surface area contributed by atoms with Crippen molar-refractivity contribution in [2.75, 3.05) is 6.61 Å². The van der Waals surface area contributed by atoms with E-state index in [9.17, 15) is 15.0 Å². The lowest BCUT2D eigenvalue weighted by atomic mass is 9.41. The van der Waals surface area contributed by atoms with E-state index in [1.165, 1.54) is 24.5 Å². The third-order valence-corrected chi connectivity index (χ3v) is 16.1. The van der Waals surface area contributed by atoms with Crippen LogP contribution in [0.15, 0.2) is 18.2 Å². The second-order valence-corrected chi connectivity index (χ2v) is 18.9. The zero-order chi connectivity index (χ0) is 33.8. The molecule has 8 rings (SSSR count). The van der Waals surface area contributed by atoms with Crippen molar-refractivity contribution in [2.45, 2.75) is 155 Å². The lowest BCUT2D eigenvalue weighted by molar-refractivity contribution is -0.316. The number of hydrogen-bond donors (Lipinski definition) is 2. The Kier molecular flexibility index (Phi) is 6.61. The van der Waals surface area contributed by atoms with Gasteiger partial charge in [0.25, 0.3) is 0 Å². The highest BCUT2D eigenvalue weighted by molar-refractivity contribution is 5.66. The van der Waals surface area contributed by atoms with Crippen molar-refractivity contribution in [1.82, 2.24) is 0 Å². The zero-order valence-electron chi connectivity index (χ0n) is 30.2. The molecule has 5 saturated carbocycles. The van der Waals surface area contributed by atoms with Crippen LogP contribution in [0.2, 0.25) is 0 Å². The number of carbonyl (C=O) groups is 1. The molecule has 0 amide bonds. The van der Waals surface area contributed by atoms with Gasteiger partial charge in [-0.3, -0.25) is 4.79 Å². The van der Waals surface area contributed by atoms with Gasteiger partial charge in [-0.2, -0.15) is 0 Å². The van der Waals surface area contributed by atoms with E-state index in [2.05, 4.69) is 59.7 Å². The van der Waals surface area contributed by atoms with Gasteiger partial charge in [0.1, 0.15) is 23.6 Å². The maximum absolute atomic E-state index is 12.8. The van der Waals surface area contributed by atoms with Crippen molar-refractivity contribution in [2.24, 2.45) is 44.8 Å². The number of aliphatic hydroxyl groups excluding tert-OH is 1. The normalized spacial score (nSPS) is 50.6. The molecule has 0 radical (unpaired) electrons. The van der Waals surface area contributed by atoms with E-state index in [1.54, 1.807) is 13.8 Å². The van der Waals surface area contributed by atoms with E-state index >= 15 is 0 Å². The van der Waals surface area contributed by atoms with Gasteiger partial charge in [0.2, 0.25) is 0 Å². The Morgan fingerprint density at radius 3 is 2.19 bits per heavy atom. The molecule has 6 unspecified atom stereocenters. The van der Waals surface area contributed by atoms with E-state index in [0.717, 1.165) is 44.3 Å². The number of aryl methyl sites for hydroxylation is 2. The minimum absolute atomic E-state index is 0.0123. The molecule has 5 aliphatic carbocycles. The van der Waals surface area contributed by atoms with Crippen molar-refractivity contribution >= 4 is 5.97 Å². The Labute approximate surface area is 281 Å². The average Bonchev–Trinajstić information content (AvgIpc) is 3.45. The fourth-order valence-corrected chi connectivity index (χ4v) is 14.3. The molecule has 2 aliphatic heterocycles. The minimum atomic E-state index is -1.20. The molecular formula is C40H58O7. The highest BCUT2D eigenvalue weighted by Gasteiger charge is 2.87. The van der Waals surface area contributed by atoms with Gasteiger partial charge in [-0.15, -0.1) is 0 Å². The number of aliphatic hydroxyl groups is 2. The van der Waals surface area contributed by atoms with Crippen LogP contribution in [0, 0.1) is 58.7 Å². The van der Waals surface area contributed by atoms with Gasteiger partial charge < -0.3 is 29.2 Å². The van der Waals surface area contributed by atoms with Crippen LogP contribution in [0.25, 0.3) is 0 Å². The molecule has 1 aromatic rings. The molecule has 2 N–H and O–H groups in total. The first kappa shape index (κ1) is 32.5. The molecule has 7 nitrogen and oxygen atoms in total. The first-order chi connectivity index (χ1) is 21.8. The Morgan fingerprint density at radius 2 is 1.53 bits per heavy atom. The Morgan fingerprint density at radius 1 is 0.894 bits per heavy atom. The summed E-state index contributed by atoms with van der Waals surface area (Å²) in [4.78, 5) is 12.8. The van der Waals surface area contributed by atoms with Gasteiger partial charge in [-0.1, -0.05) is 26.8 Å². The Balaban J connectivity index is 1.17. The maximum atomic E-state index is 12.8. The first-order valence-electron chi connectivity index (χ1n) is 18.5. The van der Waals surface area contributed by atoms with Crippen LogP contribution in [0.3, 0.4) is 0 Å². The van der Waals surface area contributed by atoms with Gasteiger partial charge in [-0.25, -0.2) is 0 Å². The van der Waals surface area contributed by atoms with Crippen molar-refractivity contribution < 1.29 is 34.0 Å². The highest BCUT2D eigenvalue weighted by Crippen LogP contribution is 2.89. The van der Waals surface area contributed by atoms with Gasteiger partial charge in [0, 0.05) is 35.5 Å². The molecule has 7 fully saturated rings. The van der Waals surface area contributed by atoms with Gasteiger partial charge in [-0.05, 0) is 132 Å². The van der Waals surface area contributed by atoms with Crippen LogP contribution in [0.5, 0.6) is 5.75 Å². The minimum Gasteiger partial charge on any atom is -0.490 e. The van der Waals surface area contributed by atoms with Gasteiger partial charge >= 0.3 is 5.97 Å². The topological polar surface area (TPSA) is 94.5 Å².